The zero-order chi connectivity index (χ0) is 68.8. The van der Waals surface area contributed by atoms with E-state index in [4.69, 9.17) is 18.1 Å². The average molecular weight is 1510 g/mol. The van der Waals surface area contributed by atoms with E-state index < -0.39 is 29.2 Å². The Morgan fingerprint density at radius 1 is 0.265 bits per heavy atom. The summed E-state index contributed by atoms with van der Waals surface area (Å²) < 4.78 is 28.7. The fourth-order valence-electron chi connectivity index (χ4n) is 17.2. The first-order chi connectivity index (χ1) is 49.9. The van der Waals surface area contributed by atoms with E-state index >= 15 is 0 Å². The molecular weight excluding hydrogens is 1450 g/mol. The van der Waals surface area contributed by atoms with Gasteiger partial charge in [0.05, 0.1) is 58.2 Å². The van der Waals surface area contributed by atoms with Crippen LogP contribution in [-0.4, -0.2) is 18.3 Å². The van der Waals surface area contributed by atoms with Gasteiger partial charge in [-0.1, -0.05) is 249 Å². The summed E-state index contributed by atoms with van der Waals surface area (Å²) in [5.41, 5.74) is 27.6. The number of fused-ring (bicyclic) bond motifs is 24. The molecule has 3 aliphatic heterocycles. The Balaban J connectivity index is 0.000000118. The molecule has 0 atom stereocenters. The van der Waals surface area contributed by atoms with E-state index in [1.165, 1.54) is 95.1 Å². The molecular formula is C92H64BBr3N2O4. The van der Waals surface area contributed by atoms with Crippen molar-refractivity contribution in [1.29, 1.82) is 0 Å². The van der Waals surface area contributed by atoms with Crippen molar-refractivity contribution in [2.24, 2.45) is 0 Å². The van der Waals surface area contributed by atoms with Crippen LogP contribution < -0.4 is 15.3 Å². The number of para-hydroxylation sites is 10. The molecule has 5 aliphatic rings. The number of nitrogens with zero attached hydrogens (tertiary/aromatic N) is 2. The summed E-state index contributed by atoms with van der Waals surface area (Å²) >= 11 is 10.7. The molecule has 0 radical (unpaired) electrons. The Kier molecular flexibility index (Phi) is 14.7. The van der Waals surface area contributed by atoms with E-state index in [2.05, 4.69) is 370 Å². The van der Waals surface area contributed by atoms with E-state index in [9.17, 15) is 0 Å². The first kappa shape index (κ1) is 62.7. The standard InChI is InChI=1S/C43H26BrNO.C37H32BNO2.C12H6Br2O/c44-37-24-12-19-31-30-18-10-17-29(41(30)46-42(31)37)28-16-11-23-36-40(28)32-15-4-5-20-33(32)43(36)34-21-6-8-25-38(34)45(27-13-2-1-3-14-27)39-26-9-7-22-35(39)43;1-35(2)36(3,4)41-38(40-35)31-22-14-21-30-34(31)26-17-8-9-18-27(26)37(30)28-19-10-12-23-32(28)39(25-15-6-5-7-16-25)33-24-13-11-20-29(33)37;13-9-5-1-3-7-8-4-2-6-10(14)12(8)15-11(7)9/h1-26H;5-24H,1-4H3;1-6H. The van der Waals surface area contributed by atoms with Gasteiger partial charge >= 0.3 is 7.12 Å². The van der Waals surface area contributed by atoms with Crippen molar-refractivity contribution in [2.45, 2.75) is 49.7 Å². The molecule has 0 amide bonds. The molecule has 490 valence electrons. The van der Waals surface area contributed by atoms with Crippen molar-refractivity contribution in [3.8, 4) is 33.4 Å². The maximum atomic E-state index is 6.68. The van der Waals surface area contributed by atoms with Crippen LogP contribution in [0.25, 0.3) is 77.3 Å². The number of halogens is 3. The number of furan rings is 2. The van der Waals surface area contributed by atoms with Gasteiger partial charge in [-0.25, -0.2) is 0 Å². The minimum absolute atomic E-state index is 0.420. The number of anilines is 6. The molecule has 1 saturated heterocycles. The Labute approximate surface area is 618 Å². The fourth-order valence-corrected chi connectivity index (χ4v) is 18.5. The van der Waals surface area contributed by atoms with Gasteiger partial charge in [-0.15, -0.1) is 0 Å². The van der Waals surface area contributed by atoms with Gasteiger partial charge in [0.1, 0.15) is 22.3 Å². The van der Waals surface area contributed by atoms with Crippen molar-refractivity contribution in [3.05, 3.63) is 373 Å². The third-order valence-corrected chi connectivity index (χ3v) is 24.0. The van der Waals surface area contributed by atoms with Crippen LogP contribution in [0.5, 0.6) is 0 Å². The summed E-state index contributed by atoms with van der Waals surface area (Å²) in [6.45, 7) is 8.49. The molecule has 10 heteroatoms. The molecule has 2 aromatic heterocycles. The quantitative estimate of drug-likeness (QED) is 0.164. The summed E-state index contributed by atoms with van der Waals surface area (Å²) in [5, 5.41) is 4.52. The molecule has 1 fully saturated rings. The van der Waals surface area contributed by atoms with Gasteiger partial charge in [0.15, 0.2) is 0 Å². The second-order valence-corrected chi connectivity index (χ2v) is 30.4. The van der Waals surface area contributed by atoms with Gasteiger partial charge in [-0.3, -0.25) is 0 Å². The van der Waals surface area contributed by atoms with Gasteiger partial charge in [0, 0.05) is 38.5 Å². The first-order valence-corrected chi connectivity index (χ1v) is 37.0. The molecule has 2 aliphatic carbocycles. The van der Waals surface area contributed by atoms with Gasteiger partial charge in [0.25, 0.3) is 0 Å². The van der Waals surface area contributed by atoms with Crippen LogP contribution in [0.3, 0.4) is 0 Å². The highest BCUT2D eigenvalue weighted by Crippen LogP contribution is 2.66. The Morgan fingerprint density at radius 2 is 0.569 bits per heavy atom. The predicted molar refractivity (Wildman–Crippen MR) is 429 cm³/mol. The largest absolute Gasteiger partial charge is 0.495 e. The normalized spacial score (nSPS) is 15.4. The van der Waals surface area contributed by atoms with Gasteiger partial charge in [-0.2, -0.15) is 0 Å². The zero-order valence-electron chi connectivity index (χ0n) is 56.3. The molecule has 0 N–H and O–H groups in total. The van der Waals surface area contributed by atoms with Crippen LogP contribution >= 0.6 is 47.8 Å². The molecule has 16 aromatic rings. The molecule has 0 unspecified atom stereocenters. The monoisotopic (exact) mass is 1510 g/mol. The van der Waals surface area contributed by atoms with E-state index in [1.807, 2.05) is 30.3 Å². The summed E-state index contributed by atoms with van der Waals surface area (Å²) in [5.74, 6) is 0. The van der Waals surface area contributed by atoms with Crippen LogP contribution in [0.4, 0.5) is 34.1 Å². The van der Waals surface area contributed by atoms with Crippen molar-refractivity contribution in [2.75, 3.05) is 9.80 Å². The molecule has 2 spiro atoms. The first-order valence-electron chi connectivity index (χ1n) is 34.6. The van der Waals surface area contributed by atoms with Crippen molar-refractivity contribution in [1.82, 2.24) is 0 Å². The topological polar surface area (TPSA) is 51.2 Å². The summed E-state index contributed by atoms with van der Waals surface area (Å²) in [6.07, 6.45) is 0. The van der Waals surface area contributed by atoms with Gasteiger partial charge < -0.3 is 27.9 Å². The lowest BCUT2D eigenvalue weighted by Crippen LogP contribution is -2.41. The molecule has 0 bridgehead atoms. The third kappa shape index (κ3) is 9.09. The number of rotatable bonds is 4. The lowest BCUT2D eigenvalue weighted by molar-refractivity contribution is 0.00578. The predicted octanol–water partition coefficient (Wildman–Crippen LogP) is 25.4. The highest BCUT2D eigenvalue weighted by Gasteiger charge is 2.57. The lowest BCUT2D eigenvalue weighted by atomic mass is 9.64. The van der Waals surface area contributed by atoms with Crippen LogP contribution in [0.15, 0.2) is 338 Å². The zero-order valence-corrected chi connectivity index (χ0v) is 61.0. The van der Waals surface area contributed by atoms with Gasteiger partial charge in [-0.05, 0) is 220 Å². The molecule has 14 aromatic carbocycles. The van der Waals surface area contributed by atoms with Crippen LogP contribution in [-0.2, 0) is 20.1 Å². The second kappa shape index (κ2) is 23.9. The molecule has 5 heterocycles. The lowest BCUT2D eigenvalue weighted by Gasteiger charge is -2.45. The maximum Gasteiger partial charge on any atom is 0.495 e. The van der Waals surface area contributed by atoms with Crippen LogP contribution in [0.1, 0.15) is 72.2 Å². The minimum atomic E-state index is -0.495. The number of hydrogen-bond donors (Lipinski definition) is 0. The molecule has 6 nitrogen and oxygen atoms in total. The SMILES string of the molecule is Brc1cccc2c1oc1c(-c3cccc4c3-c3ccccc3C43c4ccccc4N(c4ccccc4)c4ccccc43)cccc12.Brc1cccc2c1oc1c(Br)cccc12.CC1(C)OB(c2cccc3c2-c2ccccc2C32c3ccccc3N(c3ccccc3)c3ccccc32)OC1(C)C. The van der Waals surface area contributed by atoms with Gasteiger partial charge in [0.2, 0.25) is 0 Å². The summed E-state index contributed by atoms with van der Waals surface area (Å²) in [4.78, 5) is 4.84. The number of hydrogen-bond acceptors (Lipinski definition) is 6. The number of benzene rings is 14. The van der Waals surface area contributed by atoms with E-state index in [0.717, 1.165) is 79.7 Å². The van der Waals surface area contributed by atoms with Crippen LogP contribution in [0.2, 0.25) is 0 Å². The van der Waals surface area contributed by atoms with Crippen molar-refractivity contribution in [3.63, 3.8) is 0 Å². The van der Waals surface area contributed by atoms with E-state index in [1.54, 1.807) is 0 Å². The minimum Gasteiger partial charge on any atom is -0.454 e. The third-order valence-electron chi connectivity index (χ3n) is 22.1. The van der Waals surface area contributed by atoms with Crippen LogP contribution in [0, 0.1) is 0 Å². The fraction of sp³-hybridized carbons (Fsp3) is 0.0870. The second-order valence-electron chi connectivity index (χ2n) is 27.8. The van der Waals surface area contributed by atoms with Crippen molar-refractivity contribution >= 4 is 138 Å². The Hall–Kier alpha value is -10.3. The average Bonchev–Trinajstić information content (AvgIpc) is 1.48. The summed E-state index contributed by atoms with van der Waals surface area (Å²) in [7, 11) is -0.451. The van der Waals surface area contributed by atoms with Crippen molar-refractivity contribution < 1.29 is 18.1 Å². The smallest absolute Gasteiger partial charge is 0.454 e. The maximum absolute atomic E-state index is 6.68. The molecule has 102 heavy (non-hydrogen) atoms. The van der Waals surface area contributed by atoms with E-state index in [-0.39, 0.29) is 0 Å². The Morgan fingerprint density at radius 3 is 1.01 bits per heavy atom. The highest BCUT2D eigenvalue weighted by atomic mass is 79.9. The Bertz CT molecular complexity index is 5910. The molecule has 0 saturated carbocycles. The van der Waals surface area contributed by atoms with E-state index in [0.29, 0.717) is 0 Å². The summed E-state index contributed by atoms with van der Waals surface area (Å²) in [6, 6.07) is 114. The molecule has 21 rings (SSSR count). The highest BCUT2D eigenvalue weighted by molar-refractivity contribution is 9.11.